The molecule has 138 valence electrons. The SMILES string of the molecule is NC[C@@H]1CN(C(=O)Cc2csc(-c3cnccn3)n2)C[C@H]1c1ccccc1. The predicted molar refractivity (Wildman–Crippen MR) is 105 cm³/mol. The van der Waals surface area contributed by atoms with E-state index in [4.69, 9.17) is 5.73 Å². The first kappa shape index (κ1) is 17.8. The number of carbonyl (C=O) groups excluding carboxylic acids is 1. The Hall–Kier alpha value is -2.64. The highest BCUT2D eigenvalue weighted by molar-refractivity contribution is 7.13. The van der Waals surface area contributed by atoms with Crippen LogP contribution in [-0.2, 0) is 11.2 Å². The number of aromatic nitrogens is 3. The molecule has 1 aromatic carbocycles. The van der Waals surface area contributed by atoms with Crippen LogP contribution in [0.5, 0.6) is 0 Å². The van der Waals surface area contributed by atoms with E-state index in [-0.39, 0.29) is 5.91 Å². The van der Waals surface area contributed by atoms with Crippen LogP contribution in [-0.4, -0.2) is 45.4 Å². The Morgan fingerprint density at radius 2 is 2.07 bits per heavy atom. The number of thiazole rings is 1. The van der Waals surface area contributed by atoms with Gasteiger partial charge in [0.25, 0.3) is 0 Å². The van der Waals surface area contributed by atoms with E-state index in [1.54, 1.807) is 18.6 Å². The lowest BCUT2D eigenvalue weighted by atomic mass is 9.89. The van der Waals surface area contributed by atoms with E-state index < -0.39 is 0 Å². The predicted octanol–water partition coefficient (Wildman–Crippen LogP) is 2.34. The molecule has 2 N–H and O–H groups in total. The average molecular weight is 379 g/mol. The number of likely N-dealkylation sites (tertiary alicyclic amines) is 1. The maximum Gasteiger partial charge on any atom is 0.228 e. The Kier molecular flexibility index (Phi) is 5.22. The molecule has 6 nitrogen and oxygen atoms in total. The summed E-state index contributed by atoms with van der Waals surface area (Å²) in [5, 5.41) is 2.71. The van der Waals surface area contributed by atoms with Gasteiger partial charge in [-0.2, -0.15) is 0 Å². The van der Waals surface area contributed by atoms with E-state index in [1.807, 2.05) is 28.5 Å². The summed E-state index contributed by atoms with van der Waals surface area (Å²) in [6.07, 6.45) is 5.26. The summed E-state index contributed by atoms with van der Waals surface area (Å²) in [5.74, 6) is 0.690. The van der Waals surface area contributed by atoms with E-state index in [0.717, 1.165) is 16.4 Å². The molecule has 1 fully saturated rings. The zero-order valence-corrected chi connectivity index (χ0v) is 15.7. The van der Waals surface area contributed by atoms with Crippen LogP contribution in [0.2, 0.25) is 0 Å². The van der Waals surface area contributed by atoms with Crippen LogP contribution in [0.3, 0.4) is 0 Å². The zero-order valence-electron chi connectivity index (χ0n) is 14.9. The molecule has 1 saturated heterocycles. The van der Waals surface area contributed by atoms with Crippen molar-refractivity contribution >= 4 is 17.2 Å². The number of hydrogen-bond acceptors (Lipinski definition) is 6. The van der Waals surface area contributed by atoms with Crippen LogP contribution >= 0.6 is 11.3 Å². The van der Waals surface area contributed by atoms with Crippen molar-refractivity contribution in [3.05, 3.63) is 65.6 Å². The Labute approximate surface area is 162 Å². The van der Waals surface area contributed by atoms with Gasteiger partial charge in [0.1, 0.15) is 10.7 Å². The Morgan fingerprint density at radius 1 is 1.22 bits per heavy atom. The molecular formula is C20H21N5OS. The van der Waals surface area contributed by atoms with Crippen molar-refractivity contribution in [1.29, 1.82) is 0 Å². The number of nitrogens with two attached hydrogens (primary N) is 1. The van der Waals surface area contributed by atoms with Crippen molar-refractivity contribution in [2.24, 2.45) is 11.7 Å². The lowest BCUT2D eigenvalue weighted by Gasteiger charge is -2.16. The van der Waals surface area contributed by atoms with Crippen molar-refractivity contribution in [3.8, 4) is 10.7 Å². The lowest BCUT2D eigenvalue weighted by Crippen LogP contribution is -2.31. The van der Waals surface area contributed by atoms with E-state index in [2.05, 4.69) is 27.1 Å². The fourth-order valence-corrected chi connectivity index (χ4v) is 4.35. The maximum absolute atomic E-state index is 12.8. The van der Waals surface area contributed by atoms with Crippen molar-refractivity contribution in [1.82, 2.24) is 19.9 Å². The van der Waals surface area contributed by atoms with E-state index >= 15 is 0 Å². The van der Waals surface area contributed by atoms with Crippen LogP contribution in [0.4, 0.5) is 0 Å². The summed E-state index contributed by atoms with van der Waals surface area (Å²) >= 11 is 1.49. The van der Waals surface area contributed by atoms with Gasteiger partial charge in [0, 0.05) is 36.8 Å². The van der Waals surface area contributed by atoms with Crippen LogP contribution in [0.25, 0.3) is 10.7 Å². The summed E-state index contributed by atoms with van der Waals surface area (Å²) in [6.45, 7) is 2.00. The quantitative estimate of drug-likeness (QED) is 0.735. The number of amides is 1. The minimum Gasteiger partial charge on any atom is -0.341 e. The van der Waals surface area contributed by atoms with Crippen molar-refractivity contribution in [3.63, 3.8) is 0 Å². The number of benzene rings is 1. The largest absolute Gasteiger partial charge is 0.341 e. The molecule has 0 spiro atoms. The van der Waals surface area contributed by atoms with Gasteiger partial charge in [0.2, 0.25) is 5.91 Å². The van der Waals surface area contributed by atoms with E-state index in [0.29, 0.717) is 37.9 Å². The molecule has 0 saturated carbocycles. The lowest BCUT2D eigenvalue weighted by molar-refractivity contribution is -0.129. The maximum atomic E-state index is 12.8. The number of hydrogen-bond donors (Lipinski definition) is 1. The Bertz CT molecular complexity index is 899. The second-order valence-corrected chi connectivity index (χ2v) is 7.58. The third kappa shape index (κ3) is 3.89. The number of carbonyl (C=O) groups is 1. The van der Waals surface area contributed by atoms with Gasteiger partial charge in [-0.1, -0.05) is 30.3 Å². The first-order chi connectivity index (χ1) is 13.2. The van der Waals surface area contributed by atoms with Gasteiger partial charge in [0.15, 0.2) is 0 Å². The summed E-state index contributed by atoms with van der Waals surface area (Å²) in [7, 11) is 0. The Balaban J connectivity index is 1.44. The van der Waals surface area contributed by atoms with Gasteiger partial charge < -0.3 is 10.6 Å². The normalized spacial score (nSPS) is 19.4. The number of rotatable bonds is 5. The smallest absolute Gasteiger partial charge is 0.228 e. The van der Waals surface area contributed by atoms with E-state index in [9.17, 15) is 4.79 Å². The highest BCUT2D eigenvalue weighted by atomic mass is 32.1. The molecule has 0 bridgehead atoms. The third-order valence-electron chi connectivity index (χ3n) is 4.99. The van der Waals surface area contributed by atoms with Crippen LogP contribution in [0.1, 0.15) is 17.2 Å². The molecule has 3 aromatic rings. The molecule has 1 aliphatic rings. The van der Waals surface area contributed by atoms with Gasteiger partial charge >= 0.3 is 0 Å². The van der Waals surface area contributed by atoms with Gasteiger partial charge in [-0.25, -0.2) is 4.98 Å². The molecule has 0 unspecified atom stereocenters. The van der Waals surface area contributed by atoms with Gasteiger partial charge in [-0.05, 0) is 18.0 Å². The van der Waals surface area contributed by atoms with Gasteiger partial charge in [-0.3, -0.25) is 14.8 Å². The molecule has 7 heteroatoms. The molecule has 1 aliphatic heterocycles. The molecule has 2 aromatic heterocycles. The van der Waals surface area contributed by atoms with Crippen molar-refractivity contribution in [2.75, 3.05) is 19.6 Å². The molecular weight excluding hydrogens is 358 g/mol. The fraction of sp³-hybridized carbons (Fsp3) is 0.300. The van der Waals surface area contributed by atoms with Crippen molar-refractivity contribution in [2.45, 2.75) is 12.3 Å². The Morgan fingerprint density at radius 3 is 2.81 bits per heavy atom. The van der Waals surface area contributed by atoms with Gasteiger partial charge in [0.05, 0.1) is 18.3 Å². The first-order valence-corrected chi connectivity index (χ1v) is 9.86. The van der Waals surface area contributed by atoms with E-state index in [1.165, 1.54) is 16.9 Å². The minimum absolute atomic E-state index is 0.0999. The van der Waals surface area contributed by atoms with Crippen molar-refractivity contribution < 1.29 is 4.79 Å². The fourth-order valence-electron chi connectivity index (χ4n) is 3.57. The molecule has 0 aliphatic carbocycles. The van der Waals surface area contributed by atoms with Crippen LogP contribution < -0.4 is 5.73 Å². The highest BCUT2D eigenvalue weighted by Crippen LogP contribution is 2.32. The first-order valence-electron chi connectivity index (χ1n) is 8.98. The number of nitrogens with zero attached hydrogens (tertiary/aromatic N) is 4. The standard InChI is InChI=1S/C20H21N5OS/c21-9-15-11-25(12-17(15)14-4-2-1-3-5-14)19(26)8-16-13-27-20(24-16)18-10-22-6-7-23-18/h1-7,10,13,15,17H,8-9,11-12,21H2/t15-,17+/m1/s1. The molecule has 3 heterocycles. The van der Waals surface area contributed by atoms with Crippen LogP contribution in [0, 0.1) is 5.92 Å². The molecule has 4 rings (SSSR count). The monoisotopic (exact) mass is 379 g/mol. The highest BCUT2D eigenvalue weighted by Gasteiger charge is 2.35. The molecule has 2 atom stereocenters. The second-order valence-electron chi connectivity index (χ2n) is 6.72. The van der Waals surface area contributed by atoms with Crippen LogP contribution in [0.15, 0.2) is 54.3 Å². The zero-order chi connectivity index (χ0) is 18.6. The molecule has 0 radical (unpaired) electrons. The van der Waals surface area contributed by atoms with Gasteiger partial charge in [-0.15, -0.1) is 11.3 Å². The average Bonchev–Trinajstić information content (AvgIpc) is 3.36. The summed E-state index contributed by atoms with van der Waals surface area (Å²) in [5.41, 5.74) is 8.74. The summed E-state index contributed by atoms with van der Waals surface area (Å²) < 4.78 is 0. The summed E-state index contributed by atoms with van der Waals surface area (Å²) in [6, 6.07) is 10.3. The third-order valence-corrected chi connectivity index (χ3v) is 5.90. The molecule has 1 amide bonds. The minimum atomic E-state index is 0.0999. The molecule has 27 heavy (non-hydrogen) atoms. The topological polar surface area (TPSA) is 85.0 Å². The second kappa shape index (κ2) is 7.94. The summed E-state index contributed by atoms with van der Waals surface area (Å²) in [4.78, 5) is 27.6.